The van der Waals surface area contributed by atoms with Crippen molar-refractivity contribution in [3.63, 3.8) is 0 Å². The number of rotatable bonds is 1. The van der Waals surface area contributed by atoms with Gasteiger partial charge in [-0.25, -0.2) is 0 Å². The molecule has 1 amide bonds. The van der Waals surface area contributed by atoms with Crippen molar-refractivity contribution in [3.8, 4) is 6.07 Å². The lowest BCUT2D eigenvalue weighted by molar-refractivity contribution is -0.134. The van der Waals surface area contributed by atoms with Gasteiger partial charge in [0, 0.05) is 20.0 Å². The van der Waals surface area contributed by atoms with E-state index in [0.29, 0.717) is 12.8 Å². The summed E-state index contributed by atoms with van der Waals surface area (Å²) in [5.74, 6) is 0.222. The molecule has 0 radical (unpaired) electrons. The predicted molar refractivity (Wildman–Crippen MR) is 53.2 cm³/mol. The van der Waals surface area contributed by atoms with Gasteiger partial charge in [-0.1, -0.05) is 0 Å². The van der Waals surface area contributed by atoms with E-state index in [1.807, 2.05) is 0 Å². The van der Waals surface area contributed by atoms with Crippen LogP contribution in [-0.2, 0) is 4.79 Å². The highest BCUT2D eigenvalue weighted by atomic mass is 16.2. The summed E-state index contributed by atoms with van der Waals surface area (Å²) in [6.07, 6.45) is 2.74. The summed E-state index contributed by atoms with van der Waals surface area (Å²) in [5, 5.41) is 8.81. The van der Waals surface area contributed by atoms with Crippen LogP contribution >= 0.6 is 0 Å². The quantitative estimate of drug-likeness (QED) is 0.661. The van der Waals surface area contributed by atoms with E-state index in [-0.39, 0.29) is 11.8 Å². The van der Waals surface area contributed by atoms with E-state index in [9.17, 15) is 4.79 Å². The van der Waals surface area contributed by atoms with Gasteiger partial charge in [-0.2, -0.15) is 5.26 Å². The average molecular weight is 195 g/mol. The van der Waals surface area contributed by atoms with E-state index in [4.69, 9.17) is 11.0 Å². The van der Waals surface area contributed by atoms with Crippen LogP contribution in [0.5, 0.6) is 0 Å². The molecule has 0 aromatic heterocycles. The van der Waals surface area contributed by atoms with Gasteiger partial charge in [-0.15, -0.1) is 0 Å². The third-order valence-corrected chi connectivity index (χ3v) is 2.89. The first-order valence-corrected chi connectivity index (χ1v) is 4.90. The molecular weight excluding hydrogens is 178 g/mol. The Morgan fingerprint density at radius 3 is 2.36 bits per heavy atom. The molecule has 4 nitrogen and oxygen atoms in total. The van der Waals surface area contributed by atoms with Gasteiger partial charge >= 0.3 is 0 Å². The minimum Gasteiger partial charge on any atom is -0.349 e. The zero-order valence-corrected chi connectivity index (χ0v) is 8.79. The zero-order chi connectivity index (χ0) is 10.8. The fraction of sp³-hybridized carbons (Fsp3) is 0.800. The van der Waals surface area contributed by atoms with Crippen molar-refractivity contribution < 1.29 is 4.79 Å². The minimum absolute atomic E-state index is 0.0648. The Hall–Kier alpha value is -1.08. The Labute approximate surface area is 84.7 Å². The third-order valence-electron chi connectivity index (χ3n) is 2.89. The van der Waals surface area contributed by atoms with E-state index >= 15 is 0 Å². The maximum Gasteiger partial charge on any atom is 0.225 e. The molecule has 78 valence electrons. The smallest absolute Gasteiger partial charge is 0.225 e. The second kappa shape index (κ2) is 3.97. The van der Waals surface area contributed by atoms with Crippen LogP contribution in [0.2, 0.25) is 0 Å². The molecule has 1 aliphatic carbocycles. The molecule has 0 aliphatic heterocycles. The van der Waals surface area contributed by atoms with Crippen LogP contribution in [0.1, 0.15) is 25.7 Å². The number of carbonyl (C=O) groups is 1. The minimum atomic E-state index is -0.691. The normalized spacial score (nSPS) is 32.0. The highest BCUT2D eigenvalue weighted by Gasteiger charge is 2.34. The summed E-state index contributed by atoms with van der Waals surface area (Å²) < 4.78 is 0. The molecule has 1 fully saturated rings. The molecule has 0 heterocycles. The van der Waals surface area contributed by atoms with Gasteiger partial charge in [0.2, 0.25) is 5.91 Å². The standard InChI is InChI=1S/C10H17N3O/c1-13(2)9(14)8-3-5-10(12,7-11)6-4-8/h8H,3-6,12H2,1-2H3. The lowest BCUT2D eigenvalue weighted by Crippen LogP contribution is -2.44. The largest absolute Gasteiger partial charge is 0.349 e. The molecule has 4 heteroatoms. The summed E-state index contributed by atoms with van der Waals surface area (Å²) in [6, 6.07) is 2.12. The van der Waals surface area contributed by atoms with Gasteiger partial charge in [-0.05, 0) is 25.7 Å². The molecular formula is C10H17N3O. The fourth-order valence-electron chi connectivity index (χ4n) is 1.86. The van der Waals surface area contributed by atoms with Crippen molar-refractivity contribution in [3.05, 3.63) is 0 Å². The number of hydrogen-bond acceptors (Lipinski definition) is 3. The summed E-state index contributed by atoms with van der Waals surface area (Å²) in [6.45, 7) is 0. The number of hydrogen-bond donors (Lipinski definition) is 1. The summed E-state index contributed by atoms with van der Waals surface area (Å²) in [4.78, 5) is 13.2. The van der Waals surface area contributed by atoms with Crippen LogP contribution in [0, 0.1) is 17.2 Å². The van der Waals surface area contributed by atoms with Gasteiger partial charge in [0.1, 0.15) is 5.54 Å². The second-order valence-electron chi connectivity index (χ2n) is 4.27. The number of nitriles is 1. The molecule has 14 heavy (non-hydrogen) atoms. The van der Waals surface area contributed by atoms with Crippen molar-refractivity contribution in [2.24, 2.45) is 11.7 Å². The first-order chi connectivity index (χ1) is 6.48. The van der Waals surface area contributed by atoms with Crippen LogP contribution in [0.15, 0.2) is 0 Å². The van der Waals surface area contributed by atoms with Crippen LogP contribution in [0.25, 0.3) is 0 Å². The van der Waals surface area contributed by atoms with Gasteiger partial charge in [0.15, 0.2) is 0 Å². The molecule has 0 aromatic carbocycles. The Kier molecular flexibility index (Phi) is 3.12. The fourth-order valence-corrected chi connectivity index (χ4v) is 1.86. The monoisotopic (exact) mass is 195 g/mol. The third kappa shape index (κ3) is 2.24. The van der Waals surface area contributed by atoms with Gasteiger partial charge in [0.25, 0.3) is 0 Å². The summed E-state index contributed by atoms with van der Waals surface area (Å²) in [7, 11) is 3.52. The van der Waals surface area contributed by atoms with Crippen molar-refractivity contribution >= 4 is 5.91 Å². The molecule has 0 atom stereocenters. The molecule has 2 N–H and O–H groups in total. The van der Waals surface area contributed by atoms with Crippen LogP contribution in [0.4, 0.5) is 0 Å². The van der Waals surface area contributed by atoms with Crippen LogP contribution in [0.3, 0.4) is 0 Å². The molecule has 0 unspecified atom stereocenters. The number of nitrogens with zero attached hydrogens (tertiary/aromatic N) is 2. The molecule has 1 aliphatic rings. The van der Waals surface area contributed by atoms with Gasteiger partial charge in [0.05, 0.1) is 6.07 Å². The van der Waals surface area contributed by atoms with Crippen molar-refractivity contribution in [1.82, 2.24) is 4.90 Å². The predicted octanol–water partition coefficient (Wildman–Crippen LogP) is 0.486. The van der Waals surface area contributed by atoms with Crippen molar-refractivity contribution in [2.45, 2.75) is 31.2 Å². The summed E-state index contributed by atoms with van der Waals surface area (Å²) >= 11 is 0. The van der Waals surface area contributed by atoms with Crippen LogP contribution in [-0.4, -0.2) is 30.4 Å². The van der Waals surface area contributed by atoms with Gasteiger partial charge in [-0.3, -0.25) is 4.79 Å². The lowest BCUT2D eigenvalue weighted by atomic mass is 9.77. The van der Waals surface area contributed by atoms with E-state index in [1.165, 1.54) is 0 Å². The highest BCUT2D eigenvalue weighted by Crippen LogP contribution is 2.30. The van der Waals surface area contributed by atoms with Crippen LogP contribution < -0.4 is 5.73 Å². The number of amides is 1. The highest BCUT2D eigenvalue weighted by molar-refractivity contribution is 5.78. The van der Waals surface area contributed by atoms with Crippen molar-refractivity contribution in [2.75, 3.05) is 14.1 Å². The SMILES string of the molecule is CN(C)C(=O)C1CCC(N)(C#N)CC1. The maximum atomic E-state index is 11.6. The topological polar surface area (TPSA) is 70.1 Å². The first kappa shape index (κ1) is 11.0. The first-order valence-electron chi connectivity index (χ1n) is 4.90. The number of carbonyl (C=O) groups excluding carboxylic acids is 1. The molecule has 0 saturated heterocycles. The maximum absolute atomic E-state index is 11.6. The van der Waals surface area contributed by atoms with E-state index in [0.717, 1.165) is 12.8 Å². The Bertz CT molecular complexity index is 259. The molecule has 1 rings (SSSR count). The average Bonchev–Trinajstić information content (AvgIpc) is 2.18. The van der Waals surface area contributed by atoms with E-state index in [2.05, 4.69) is 6.07 Å². The molecule has 0 bridgehead atoms. The lowest BCUT2D eigenvalue weighted by Gasteiger charge is -2.32. The van der Waals surface area contributed by atoms with E-state index < -0.39 is 5.54 Å². The Morgan fingerprint density at radius 2 is 2.00 bits per heavy atom. The number of nitrogens with two attached hydrogens (primary N) is 1. The Balaban J connectivity index is 2.52. The zero-order valence-electron chi connectivity index (χ0n) is 8.79. The molecule has 0 aromatic rings. The van der Waals surface area contributed by atoms with E-state index in [1.54, 1.807) is 19.0 Å². The van der Waals surface area contributed by atoms with Crippen molar-refractivity contribution in [1.29, 1.82) is 5.26 Å². The molecule has 0 spiro atoms. The summed E-state index contributed by atoms with van der Waals surface area (Å²) in [5.41, 5.74) is 5.12. The molecule has 1 saturated carbocycles. The van der Waals surface area contributed by atoms with Gasteiger partial charge < -0.3 is 10.6 Å². The Morgan fingerprint density at radius 1 is 1.50 bits per heavy atom. The second-order valence-corrected chi connectivity index (χ2v) is 4.27.